The van der Waals surface area contributed by atoms with Gasteiger partial charge >= 0.3 is 6.09 Å². The monoisotopic (exact) mass is 321 g/mol. The molecule has 0 unspecified atom stereocenters. The van der Waals surface area contributed by atoms with Crippen LogP contribution >= 0.6 is 11.6 Å². The van der Waals surface area contributed by atoms with E-state index in [1.54, 1.807) is 43.5 Å². The van der Waals surface area contributed by atoms with Crippen molar-refractivity contribution in [2.75, 3.05) is 19.5 Å². The largest absolute Gasteiger partial charge is 0.497 e. The Morgan fingerprint density at radius 2 is 1.77 bits per heavy atom. The van der Waals surface area contributed by atoms with Crippen molar-refractivity contribution < 1.29 is 19.0 Å². The molecule has 6 heteroatoms. The maximum Gasteiger partial charge on any atom is 0.417 e. The van der Waals surface area contributed by atoms with Crippen LogP contribution in [0.3, 0.4) is 0 Å². The quantitative estimate of drug-likeness (QED) is 0.913. The molecule has 5 nitrogen and oxygen atoms in total. The molecule has 0 saturated heterocycles. The summed E-state index contributed by atoms with van der Waals surface area (Å²) < 4.78 is 15.5. The van der Waals surface area contributed by atoms with E-state index in [0.29, 0.717) is 28.0 Å². The SMILES string of the molecule is COc1ccc(OC)c(NC(=O)Oc2ccc(Cl)c(C)c2)c1. The van der Waals surface area contributed by atoms with Gasteiger partial charge in [-0.3, -0.25) is 5.32 Å². The fourth-order valence-corrected chi connectivity index (χ4v) is 1.95. The van der Waals surface area contributed by atoms with Gasteiger partial charge in [0.05, 0.1) is 19.9 Å². The second-order valence-corrected chi connectivity index (χ2v) is 4.90. The Morgan fingerprint density at radius 3 is 2.41 bits per heavy atom. The summed E-state index contributed by atoms with van der Waals surface area (Å²) in [5.74, 6) is 1.50. The van der Waals surface area contributed by atoms with Crippen molar-refractivity contribution in [2.45, 2.75) is 6.92 Å². The first-order valence-corrected chi connectivity index (χ1v) is 6.88. The van der Waals surface area contributed by atoms with Crippen molar-refractivity contribution in [1.82, 2.24) is 0 Å². The molecule has 0 spiro atoms. The zero-order valence-corrected chi connectivity index (χ0v) is 13.2. The number of hydrogen-bond acceptors (Lipinski definition) is 4. The highest BCUT2D eigenvalue weighted by Gasteiger charge is 2.11. The van der Waals surface area contributed by atoms with E-state index >= 15 is 0 Å². The molecular formula is C16H16ClNO4. The number of methoxy groups -OCH3 is 2. The van der Waals surface area contributed by atoms with Crippen LogP contribution in [0.1, 0.15) is 5.56 Å². The molecule has 0 saturated carbocycles. The van der Waals surface area contributed by atoms with Gasteiger partial charge in [0, 0.05) is 11.1 Å². The number of carbonyl (C=O) groups excluding carboxylic acids is 1. The number of aryl methyl sites for hydroxylation is 1. The Bertz CT molecular complexity index is 688. The number of ether oxygens (including phenoxy) is 3. The zero-order chi connectivity index (χ0) is 16.1. The van der Waals surface area contributed by atoms with Gasteiger partial charge in [0.15, 0.2) is 0 Å². The number of anilines is 1. The maximum absolute atomic E-state index is 12.0. The van der Waals surface area contributed by atoms with Crippen LogP contribution in [-0.2, 0) is 0 Å². The van der Waals surface area contributed by atoms with Gasteiger partial charge in [-0.1, -0.05) is 11.6 Å². The van der Waals surface area contributed by atoms with Gasteiger partial charge in [0.1, 0.15) is 17.2 Å². The minimum absolute atomic E-state index is 0.404. The Hall–Kier alpha value is -2.40. The summed E-state index contributed by atoms with van der Waals surface area (Å²) in [5, 5.41) is 3.23. The molecule has 1 N–H and O–H groups in total. The van der Waals surface area contributed by atoms with E-state index in [-0.39, 0.29) is 0 Å². The highest BCUT2D eigenvalue weighted by atomic mass is 35.5. The minimum Gasteiger partial charge on any atom is -0.497 e. The van der Waals surface area contributed by atoms with Crippen LogP contribution in [0.4, 0.5) is 10.5 Å². The third kappa shape index (κ3) is 3.83. The number of nitrogens with one attached hydrogen (secondary N) is 1. The molecule has 0 aliphatic rings. The van der Waals surface area contributed by atoms with Crippen LogP contribution in [0.2, 0.25) is 5.02 Å². The van der Waals surface area contributed by atoms with Crippen LogP contribution in [0.15, 0.2) is 36.4 Å². The van der Waals surface area contributed by atoms with Crippen LogP contribution in [0.5, 0.6) is 17.2 Å². The molecule has 2 rings (SSSR count). The lowest BCUT2D eigenvalue weighted by Crippen LogP contribution is -2.17. The molecule has 2 aromatic rings. The van der Waals surface area contributed by atoms with Crippen molar-refractivity contribution in [2.24, 2.45) is 0 Å². The molecule has 2 aromatic carbocycles. The fourth-order valence-electron chi connectivity index (χ4n) is 1.83. The average Bonchev–Trinajstić information content (AvgIpc) is 2.50. The third-order valence-electron chi connectivity index (χ3n) is 2.98. The van der Waals surface area contributed by atoms with E-state index in [1.165, 1.54) is 7.11 Å². The lowest BCUT2D eigenvalue weighted by molar-refractivity contribution is 0.215. The normalized spacial score (nSPS) is 10.0. The van der Waals surface area contributed by atoms with Crippen molar-refractivity contribution in [3.63, 3.8) is 0 Å². The van der Waals surface area contributed by atoms with Gasteiger partial charge in [-0.25, -0.2) is 4.79 Å². The third-order valence-corrected chi connectivity index (χ3v) is 3.41. The van der Waals surface area contributed by atoms with Gasteiger partial charge in [0.2, 0.25) is 0 Å². The first-order valence-electron chi connectivity index (χ1n) is 6.50. The van der Waals surface area contributed by atoms with Crippen LogP contribution in [-0.4, -0.2) is 20.3 Å². The number of halogens is 1. The van der Waals surface area contributed by atoms with Gasteiger partial charge in [0.25, 0.3) is 0 Å². The molecule has 0 radical (unpaired) electrons. The van der Waals surface area contributed by atoms with Crippen molar-refractivity contribution >= 4 is 23.4 Å². The number of carbonyl (C=O) groups is 1. The predicted octanol–water partition coefficient (Wildman–Crippen LogP) is 4.28. The molecule has 22 heavy (non-hydrogen) atoms. The van der Waals surface area contributed by atoms with Crippen LogP contribution < -0.4 is 19.5 Å². The number of rotatable bonds is 4. The standard InChI is InChI=1S/C16H16ClNO4/c1-10-8-12(4-6-13(10)17)22-16(19)18-14-9-11(20-2)5-7-15(14)21-3/h4-9H,1-3H3,(H,18,19). The lowest BCUT2D eigenvalue weighted by Gasteiger charge is -2.12. The van der Waals surface area contributed by atoms with Crippen molar-refractivity contribution in [1.29, 1.82) is 0 Å². The molecule has 0 bridgehead atoms. The first kappa shape index (κ1) is 16.0. The summed E-state index contributed by atoms with van der Waals surface area (Å²) in [6.07, 6.45) is -0.631. The topological polar surface area (TPSA) is 56.8 Å². The van der Waals surface area contributed by atoms with E-state index in [0.717, 1.165) is 5.56 Å². The van der Waals surface area contributed by atoms with Gasteiger partial charge < -0.3 is 14.2 Å². The first-order chi connectivity index (χ1) is 10.5. The number of benzene rings is 2. The maximum atomic E-state index is 12.0. The molecule has 0 heterocycles. The van der Waals surface area contributed by atoms with E-state index in [9.17, 15) is 4.79 Å². The summed E-state index contributed by atoms with van der Waals surface area (Å²) in [5.41, 5.74) is 1.28. The number of hydrogen-bond donors (Lipinski definition) is 1. The van der Waals surface area contributed by atoms with Crippen molar-refractivity contribution in [3.8, 4) is 17.2 Å². The minimum atomic E-state index is -0.631. The van der Waals surface area contributed by atoms with Crippen molar-refractivity contribution in [3.05, 3.63) is 47.0 Å². The van der Waals surface area contributed by atoms with E-state index < -0.39 is 6.09 Å². The lowest BCUT2D eigenvalue weighted by atomic mass is 10.2. The molecule has 0 aromatic heterocycles. The Kier molecular flexibility index (Phi) is 5.12. The number of amides is 1. The van der Waals surface area contributed by atoms with E-state index in [1.807, 2.05) is 6.92 Å². The van der Waals surface area contributed by atoms with Gasteiger partial charge in [-0.2, -0.15) is 0 Å². The molecular weight excluding hydrogens is 306 g/mol. The molecule has 0 aliphatic carbocycles. The predicted molar refractivity (Wildman–Crippen MR) is 85.4 cm³/mol. The van der Waals surface area contributed by atoms with E-state index in [2.05, 4.69) is 5.32 Å². The Labute approximate surface area is 133 Å². The molecule has 1 amide bonds. The smallest absolute Gasteiger partial charge is 0.417 e. The Balaban J connectivity index is 2.12. The second-order valence-electron chi connectivity index (χ2n) is 4.49. The molecule has 0 fully saturated rings. The molecule has 116 valence electrons. The zero-order valence-electron chi connectivity index (χ0n) is 12.5. The highest BCUT2D eigenvalue weighted by molar-refractivity contribution is 6.31. The Morgan fingerprint density at radius 1 is 1.05 bits per heavy atom. The molecule has 0 aliphatic heterocycles. The van der Waals surface area contributed by atoms with Crippen LogP contribution in [0.25, 0.3) is 0 Å². The van der Waals surface area contributed by atoms with Gasteiger partial charge in [-0.05, 0) is 42.8 Å². The molecule has 0 atom stereocenters. The highest BCUT2D eigenvalue weighted by Crippen LogP contribution is 2.29. The van der Waals surface area contributed by atoms with Gasteiger partial charge in [-0.15, -0.1) is 0 Å². The summed E-state index contributed by atoms with van der Waals surface area (Å²) in [6.45, 7) is 1.83. The van der Waals surface area contributed by atoms with E-state index in [4.69, 9.17) is 25.8 Å². The summed E-state index contributed by atoms with van der Waals surface area (Å²) in [6, 6.07) is 10.1. The second kappa shape index (κ2) is 7.04. The average molecular weight is 322 g/mol. The van der Waals surface area contributed by atoms with Crippen LogP contribution in [0, 0.1) is 6.92 Å². The summed E-state index contributed by atoms with van der Waals surface area (Å²) in [4.78, 5) is 12.0. The summed E-state index contributed by atoms with van der Waals surface area (Å²) >= 11 is 5.93. The fraction of sp³-hybridized carbons (Fsp3) is 0.188. The summed E-state index contributed by atoms with van der Waals surface area (Å²) in [7, 11) is 3.06.